The monoisotopic (exact) mass is 384 g/mol. The first-order valence-electron chi connectivity index (χ1n) is 10.8. The maximum absolute atomic E-state index is 14.5. The molecule has 0 spiro atoms. The first-order valence-corrected chi connectivity index (χ1v) is 10.8. The van der Waals surface area contributed by atoms with Gasteiger partial charge < -0.3 is 4.74 Å². The summed E-state index contributed by atoms with van der Waals surface area (Å²) in [6, 6.07) is 11.3. The van der Waals surface area contributed by atoms with E-state index in [9.17, 15) is 8.78 Å². The molecule has 28 heavy (non-hydrogen) atoms. The molecular formula is C25H30F2O. The van der Waals surface area contributed by atoms with E-state index in [0.717, 1.165) is 17.8 Å². The first-order chi connectivity index (χ1) is 13.6. The summed E-state index contributed by atoms with van der Waals surface area (Å²) < 4.78 is 33.9. The highest BCUT2D eigenvalue weighted by Crippen LogP contribution is 2.55. The van der Waals surface area contributed by atoms with Crippen molar-refractivity contribution in [1.82, 2.24) is 0 Å². The van der Waals surface area contributed by atoms with E-state index < -0.39 is 11.6 Å². The van der Waals surface area contributed by atoms with Gasteiger partial charge >= 0.3 is 0 Å². The van der Waals surface area contributed by atoms with Crippen LogP contribution in [0.4, 0.5) is 8.78 Å². The standard InChI is InChI=1S/C25H30F2O/c1-3-5-16-10-11-22-19(16)12-13-20(22)17-6-8-18(9-7-17)21-14-15-23(28-4-2)25(27)24(21)26/h6-9,14-16,19-20,22H,3-5,10-13H2,1-2H3. The highest BCUT2D eigenvalue weighted by molar-refractivity contribution is 5.65. The Morgan fingerprint density at radius 1 is 0.857 bits per heavy atom. The van der Waals surface area contributed by atoms with Gasteiger partial charge in [0.15, 0.2) is 11.6 Å². The van der Waals surface area contributed by atoms with E-state index in [4.69, 9.17) is 4.74 Å². The summed E-state index contributed by atoms with van der Waals surface area (Å²) in [5.74, 6) is 1.47. The van der Waals surface area contributed by atoms with Crippen molar-refractivity contribution < 1.29 is 13.5 Å². The van der Waals surface area contributed by atoms with Crippen molar-refractivity contribution in [3.8, 4) is 16.9 Å². The predicted octanol–water partition coefficient (Wildman–Crippen LogP) is 7.35. The van der Waals surface area contributed by atoms with Gasteiger partial charge in [0.05, 0.1) is 6.61 Å². The lowest BCUT2D eigenvalue weighted by Gasteiger charge is -2.21. The molecule has 0 bridgehead atoms. The Morgan fingerprint density at radius 3 is 2.32 bits per heavy atom. The zero-order valence-corrected chi connectivity index (χ0v) is 16.9. The van der Waals surface area contributed by atoms with Gasteiger partial charge in [-0.3, -0.25) is 0 Å². The molecule has 0 aromatic heterocycles. The van der Waals surface area contributed by atoms with E-state index in [0.29, 0.717) is 23.7 Å². The summed E-state index contributed by atoms with van der Waals surface area (Å²) in [4.78, 5) is 0. The lowest BCUT2D eigenvalue weighted by molar-refractivity contribution is 0.314. The lowest BCUT2D eigenvalue weighted by Crippen LogP contribution is -2.12. The topological polar surface area (TPSA) is 9.23 Å². The summed E-state index contributed by atoms with van der Waals surface area (Å²) in [6.45, 7) is 4.36. The van der Waals surface area contributed by atoms with Crippen LogP contribution in [0.5, 0.6) is 5.75 Å². The molecule has 0 N–H and O–H groups in total. The van der Waals surface area contributed by atoms with E-state index in [2.05, 4.69) is 19.1 Å². The quantitative estimate of drug-likeness (QED) is 0.506. The van der Waals surface area contributed by atoms with Crippen LogP contribution in [-0.2, 0) is 0 Å². The molecule has 3 heteroatoms. The van der Waals surface area contributed by atoms with Crippen molar-refractivity contribution in [1.29, 1.82) is 0 Å². The second kappa shape index (κ2) is 8.23. The highest BCUT2D eigenvalue weighted by Gasteiger charge is 2.44. The van der Waals surface area contributed by atoms with Crippen molar-refractivity contribution in [3.63, 3.8) is 0 Å². The molecule has 0 amide bonds. The minimum atomic E-state index is -0.907. The van der Waals surface area contributed by atoms with E-state index in [1.165, 1.54) is 50.2 Å². The Hall–Kier alpha value is -1.90. The van der Waals surface area contributed by atoms with Crippen LogP contribution in [0, 0.1) is 29.4 Å². The molecule has 0 radical (unpaired) electrons. The van der Waals surface area contributed by atoms with Gasteiger partial charge in [-0.2, -0.15) is 4.39 Å². The van der Waals surface area contributed by atoms with Gasteiger partial charge in [0, 0.05) is 5.56 Å². The molecule has 2 aromatic rings. The Labute approximate surface area is 167 Å². The maximum atomic E-state index is 14.5. The maximum Gasteiger partial charge on any atom is 0.201 e. The number of hydrogen-bond donors (Lipinski definition) is 0. The zero-order valence-electron chi connectivity index (χ0n) is 16.9. The van der Waals surface area contributed by atoms with Gasteiger partial charge in [-0.1, -0.05) is 44.0 Å². The molecule has 2 saturated carbocycles. The van der Waals surface area contributed by atoms with Crippen LogP contribution in [-0.4, -0.2) is 6.61 Å². The molecule has 4 atom stereocenters. The molecule has 2 aliphatic carbocycles. The van der Waals surface area contributed by atoms with Gasteiger partial charge in [-0.05, 0) is 79.5 Å². The fourth-order valence-electron chi connectivity index (χ4n) is 5.79. The Balaban J connectivity index is 1.53. The first kappa shape index (κ1) is 19.4. The summed E-state index contributed by atoms with van der Waals surface area (Å²) in [5, 5.41) is 0. The van der Waals surface area contributed by atoms with Gasteiger partial charge in [-0.15, -0.1) is 0 Å². The van der Waals surface area contributed by atoms with Crippen molar-refractivity contribution in [2.75, 3.05) is 6.61 Å². The van der Waals surface area contributed by atoms with E-state index >= 15 is 0 Å². The fourth-order valence-corrected chi connectivity index (χ4v) is 5.79. The van der Waals surface area contributed by atoms with Crippen molar-refractivity contribution in [3.05, 3.63) is 53.6 Å². The number of halogens is 2. The average molecular weight is 385 g/mol. The number of rotatable bonds is 6. The molecule has 0 saturated heterocycles. The van der Waals surface area contributed by atoms with Crippen molar-refractivity contribution in [2.24, 2.45) is 17.8 Å². The van der Waals surface area contributed by atoms with Crippen LogP contribution in [0.15, 0.2) is 36.4 Å². The summed E-state index contributed by atoms with van der Waals surface area (Å²) in [5.41, 5.74) is 2.37. The van der Waals surface area contributed by atoms with Gasteiger partial charge in [0.1, 0.15) is 0 Å². The normalized spacial score (nSPS) is 26.4. The van der Waals surface area contributed by atoms with E-state index in [1.807, 2.05) is 12.1 Å². The average Bonchev–Trinajstić information content (AvgIpc) is 3.29. The molecule has 2 fully saturated rings. The van der Waals surface area contributed by atoms with Gasteiger partial charge in [-0.25, -0.2) is 4.39 Å². The summed E-state index contributed by atoms with van der Waals surface area (Å²) >= 11 is 0. The minimum Gasteiger partial charge on any atom is -0.491 e. The largest absolute Gasteiger partial charge is 0.491 e. The molecule has 0 aliphatic heterocycles. The van der Waals surface area contributed by atoms with Crippen LogP contribution in [0.2, 0.25) is 0 Å². The smallest absolute Gasteiger partial charge is 0.201 e. The molecule has 1 nitrogen and oxygen atoms in total. The third-order valence-corrected chi connectivity index (χ3v) is 7.01. The number of ether oxygens (including phenoxy) is 1. The third-order valence-electron chi connectivity index (χ3n) is 7.01. The lowest BCUT2D eigenvalue weighted by atomic mass is 9.84. The van der Waals surface area contributed by atoms with Crippen molar-refractivity contribution >= 4 is 0 Å². The highest BCUT2D eigenvalue weighted by atomic mass is 19.2. The SMILES string of the molecule is CCCC1CCC2C(c3ccc(-c4ccc(OCC)c(F)c4F)cc3)CCC12. The summed E-state index contributed by atoms with van der Waals surface area (Å²) in [6.07, 6.45) is 8.00. The molecule has 2 aromatic carbocycles. The van der Waals surface area contributed by atoms with Crippen LogP contribution < -0.4 is 4.74 Å². The minimum absolute atomic E-state index is 0.0276. The summed E-state index contributed by atoms with van der Waals surface area (Å²) in [7, 11) is 0. The molecule has 150 valence electrons. The molecular weight excluding hydrogens is 354 g/mol. The Morgan fingerprint density at radius 2 is 1.61 bits per heavy atom. The molecule has 0 heterocycles. The second-order valence-corrected chi connectivity index (χ2v) is 8.43. The third kappa shape index (κ3) is 3.44. The van der Waals surface area contributed by atoms with Crippen LogP contribution in [0.1, 0.15) is 63.9 Å². The van der Waals surface area contributed by atoms with Crippen molar-refractivity contribution in [2.45, 2.75) is 58.3 Å². The van der Waals surface area contributed by atoms with Crippen LogP contribution in [0.3, 0.4) is 0 Å². The molecule has 4 rings (SSSR count). The Bertz CT molecular complexity index is 814. The second-order valence-electron chi connectivity index (χ2n) is 8.43. The Kier molecular flexibility index (Phi) is 5.70. The fraction of sp³-hybridized carbons (Fsp3) is 0.520. The van der Waals surface area contributed by atoms with Gasteiger partial charge in [0.25, 0.3) is 0 Å². The van der Waals surface area contributed by atoms with Gasteiger partial charge in [0.2, 0.25) is 5.82 Å². The number of benzene rings is 2. The molecule has 2 aliphatic rings. The number of fused-ring (bicyclic) bond motifs is 1. The van der Waals surface area contributed by atoms with Crippen LogP contribution >= 0.6 is 0 Å². The molecule has 4 unspecified atom stereocenters. The van der Waals surface area contributed by atoms with Crippen LogP contribution in [0.25, 0.3) is 11.1 Å². The number of hydrogen-bond acceptors (Lipinski definition) is 1. The predicted molar refractivity (Wildman–Crippen MR) is 110 cm³/mol. The van der Waals surface area contributed by atoms with E-state index in [-0.39, 0.29) is 5.75 Å². The van der Waals surface area contributed by atoms with E-state index in [1.54, 1.807) is 13.0 Å². The zero-order chi connectivity index (χ0) is 19.7.